The fraction of sp³-hybridized carbons (Fsp3) is 0.526. The van der Waals surface area contributed by atoms with Gasteiger partial charge in [-0.15, -0.1) is 0 Å². The highest BCUT2D eigenvalue weighted by molar-refractivity contribution is 5.45. The fourth-order valence-electron chi connectivity index (χ4n) is 3.84. The fourth-order valence-corrected chi connectivity index (χ4v) is 3.84. The van der Waals surface area contributed by atoms with Crippen LogP contribution >= 0.6 is 0 Å². The zero-order chi connectivity index (χ0) is 18.3. The van der Waals surface area contributed by atoms with Crippen LogP contribution in [0.2, 0.25) is 0 Å². The lowest BCUT2D eigenvalue weighted by Crippen LogP contribution is -2.30. The number of nitrogens with zero attached hydrogens (tertiary/aromatic N) is 7. The van der Waals surface area contributed by atoms with E-state index in [-0.39, 0.29) is 5.41 Å². The van der Waals surface area contributed by atoms with Crippen LogP contribution in [-0.2, 0) is 5.41 Å². The van der Waals surface area contributed by atoms with Crippen LogP contribution in [0, 0.1) is 23.2 Å². The zero-order valence-electron chi connectivity index (χ0n) is 15.4. The van der Waals surface area contributed by atoms with Crippen LogP contribution in [0.25, 0.3) is 0 Å². The first-order chi connectivity index (χ1) is 12.4. The molecule has 0 spiro atoms. The van der Waals surface area contributed by atoms with E-state index in [0.717, 1.165) is 43.5 Å². The maximum absolute atomic E-state index is 8.85. The predicted molar refractivity (Wildman–Crippen MR) is 98.9 cm³/mol. The van der Waals surface area contributed by atoms with Crippen molar-refractivity contribution in [2.75, 3.05) is 36.0 Å². The third-order valence-electron chi connectivity index (χ3n) is 5.31. The smallest absolute Gasteiger partial charge is 0.158 e. The molecule has 0 bridgehead atoms. The summed E-state index contributed by atoms with van der Waals surface area (Å²) in [5.74, 6) is 3.09. The summed E-state index contributed by atoms with van der Waals surface area (Å²) >= 11 is 0. The molecule has 4 heterocycles. The van der Waals surface area contributed by atoms with Gasteiger partial charge in [-0.3, -0.25) is 0 Å². The summed E-state index contributed by atoms with van der Waals surface area (Å²) < 4.78 is 0. The van der Waals surface area contributed by atoms with Gasteiger partial charge in [-0.1, -0.05) is 20.8 Å². The van der Waals surface area contributed by atoms with Gasteiger partial charge in [-0.25, -0.2) is 19.9 Å². The quantitative estimate of drug-likeness (QED) is 0.820. The molecule has 2 saturated heterocycles. The Bertz CT molecular complexity index is 820. The second kappa shape index (κ2) is 6.20. The first-order valence-electron chi connectivity index (χ1n) is 8.98. The van der Waals surface area contributed by atoms with Crippen molar-refractivity contribution in [3.8, 4) is 6.07 Å². The summed E-state index contributed by atoms with van der Waals surface area (Å²) in [7, 11) is 0. The molecule has 4 rings (SSSR count). The lowest BCUT2D eigenvalue weighted by atomic mass is 9.92. The molecule has 0 radical (unpaired) electrons. The minimum absolute atomic E-state index is 0.0261. The van der Waals surface area contributed by atoms with E-state index >= 15 is 0 Å². The normalized spacial score (nSPS) is 22.4. The minimum Gasteiger partial charge on any atom is -0.356 e. The third-order valence-corrected chi connectivity index (χ3v) is 5.31. The molecule has 2 atom stereocenters. The van der Waals surface area contributed by atoms with Crippen molar-refractivity contribution < 1.29 is 0 Å². The number of rotatable bonds is 2. The summed E-state index contributed by atoms with van der Waals surface area (Å²) in [6.07, 6.45) is 4.94. The molecule has 2 fully saturated rings. The van der Waals surface area contributed by atoms with E-state index in [2.05, 4.69) is 56.6 Å². The van der Waals surface area contributed by atoms with Crippen LogP contribution < -0.4 is 9.80 Å². The summed E-state index contributed by atoms with van der Waals surface area (Å²) in [6.45, 7) is 10.5. The van der Waals surface area contributed by atoms with Crippen molar-refractivity contribution in [1.82, 2.24) is 19.9 Å². The maximum Gasteiger partial charge on any atom is 0.158 e. The topological polar surface area (TPSA) is 81.8 Å². The van der Waals surface area contributed by atoms with Gasteiger partial charge in [0.05, 0.1) is 18.1 Å². The van der Waals surface area contributed by atoms with Gasteiger partial charge in [0.15, 0.2) is 5.69 Å². The van der Waals surface area contributed by atoms with Crippen LogP contribution in [0.1, 0.15) is 32.2 Å². The average molecular weight is 349 g/mol. The van der Waals surface area contributed by atoms with Gasteiger partial charge >= 0.3 is 0 Å². The lowest BCUT2D eigenvalue weighted by molar-refractivity contribution is 0.533. The van der Waals surface area contributed by atoms with Gasteiger partial charge in [0.1, 0.15) is 24.0 Å². The molecule has 0 aliphatic carbocycles. The van der Waals surface area contributed by atoms with Crippen molar-refractivity contribution >= 4 is 11.6 Å². The van der Waals surface area contributed by atoms with E-state index in [1.807, 2.05) is 6.07 Å². The Morgan fingerprint density at radius 2 is 1.58 bits per heavy atom. The van der Waals surface area contributed by atoms with Crippen LogP contribution in [0.5, 0.6) is 0 Å². The van der Waals surface area contributed by atoms with E-state index < -0.39 is 0 Å². The van der Waals surface area contributed by atoms with Crippen LogP contribution in [-0.4, -0.2) is 46.1 Å². The molecule has 0 saturated carbocycles. The van der Waals surface area contributed by atoms with E-state index in [4.69, 9.17) is 5.26 Å². The van der Waals surface area contributed by atoms with E-state index in [9.17, 15) is 0 Å². The standard InChI is InChI=1S/C19H23N7/c1-19(2,3)16-4-17(24-12-23-16)25-8-13-10-26(11-14(13)9-25)18-7-21-15(5-20)6-22-18/h4,6-7,12-14H,8-11H2,1-3H3. The highest BCUT2D eigenvalue weighted by Crippen LogP contribution is 2.35. The molecule has 2 aromatic heterocycles. The molecule has 2 unspecified atom stereocenters. The van der Waals surface area contributed by atoms with Crippen LogP contribution in [0.4, 0.5) is 11.6 Å². The molecule has 2 aromatic rings. The molecule has 0 N–H and O–H groups in total. The van der Waals surface area contributed by atoms with Gasteiger partial charge < -0.3 is 9.80 Å². The summed E-state index contributed by atoms with van der Waals surface area (Å²) in [6, 6.07) is 4.14. The minimum atomic E-state index is 0.0261. The predicted octanol–water partition coefficient (Wildman–Crippen LogP) is 2.01. The first-order valence-corrected chi connectivity index (χ1v) is 8.98. The Morgan fingerprint density at radius 3 is 2.12 bits per heavy atom. The van der Waals surface area contributed by atoms with Crippen LogP contribution in [0.15, 0.2) is 24.8 Å². The second-order valence-corrected chi connectivity index (χ2v) is 8.21. The van der Waals surface area contributed by atoms with Crippen molar-refractivity contribution in [3.63, 3.8) is 0 Å². The number of aromatic nitrogens is 4. The number of hydrogen-bond donors (Lipinski definition) is 0. The Morgan fingerprint density at radius 1 is 0.923 bits per heavy atom. The molecular formula is C19H23N7. The molecular weight excluding hydrogens is 326 g/mol. The van der Waals surface area contributed by atoms with Gasteiger partial charge in [0.2, 0.25) is 0 Å². The molecule has 0 aromatic carbocycles. The van der Waals surface area contributed by atoms with Crippen molar-refractivity contribution in [2.24, 2.45) is 11.8 Å². The largest absolute Gasteiger partial charge is 0.356 e. The Balaban J connectivity index is 1.44. The highest BCUT2D eigenvalue weighted by Gasteiger charge is 2.41. The molecule has 0 amide bonds. The number of hydrogen-bond acceptors (Lipinski definition) is 7. The lowest BCUT2D eigenvalue weighted by Gasteiger charge is -2.24. The summed E-state index contributed by atoms with van der Waals surface area (Å²) in [5.41, 5.74) is 1.46. The van der Waals surface area contributed by atoms with Crippen molar-refractivity contribution in [3.05, 3.63) is 36.2 Å². The average Bonchev–Trinajstić information content (AvgIpc) is 3.20. The molecule has 2 aliphatic heterocycles. The Hall–Kier alpha value is -2.75. The zero-order valence-corrected chi connectivity index (χ0v) is 15.4. The molecule has 7 heteroatoms. The molecule has 7 nitrogen and oxygen atoms in total. The van der Waals surface area contributed by atoms with Gasteiger partial charge in [-0.05, 0) is 0 Å². The number of fused-ring (bicyclic) bond motifs is 1. The summed E-state index contributed by atoms with van der Waals surface area (Å²) in [4.78, 5) is 22.1. The van der Waals surface area contributed by atoms with E-state index in [1.165, 1.54) is 0 Å². The van der Waals surface area contributed by atoms with E-state index in [1.54, 1.807) is 18.7 Å². The number of nitriles is 1. The molecule has 134 valence electrons. The maximum atomic E-state index is 8.85. The highest BCUT2D eigenvalue weighted by atomic mass is 15.3. The third kappa shape index (κ3) is 3.07. The number of anilines is 2. The van der Waals surface area contributed by atoms with Gasteiger partial charge in [0.25, 0.3) is 0 Å². The van der Waals surface area contributed by atoms with E-state index in [0.29, 0.717) is 17.5 Å². The van der Waals surface area contributed by atoms with Gasteiger partial charge in [0, 0.05) is 49.5 Å². The SMILES string of the molecule is CC(C)(C)c1cc(N2CC3CN(c4cnc(C#N)cn4)CC3C2)ncn1. The second-order valence-electron chi connectivity index (χ2n) is 8.21. The van der Waals surface area contributed by atoms with Gasteiger partial charge in [-0.2, -0.15) is 5.26 Å². The monoisotopic (exact) mass is 349 g/mol. The van der Waals surface area contributed by atoms with Crippen molar-refractivity contribution in [2.45, 2.75) is 26.2 Å². The first kappa shape index (κ1) is 16.7. The molecule has 26 heavy (non-hydrogen) atoms. The van der Waals surface area contributed by atoms with Crippen LogP contribution in [0.3, 0.4) is 0 Å². The summed E-state index contributed by atoms with van der Waals surface area (Å²) in [5, 5.41) is 8.85. The van der Waals surface area contributed by atoms with Crippen molar-refractivity contribution in [1.29, 1.82) is 5.26 Å². The Labute approximate surface area is 153 Å². The Kier molecular flexibility index (Phi) is 3.98. The molecule has 2 aliphatic rings.